The third-order valence-electron chi connectivity index (χ3n) is 2.11. The molecule has 0 bridgehead atoms. The van der Waals surface area contributed by atoms with Crippen molar-refractivity contribution in [3.63, 3.8) is 0 Å². The predicted molar refractivity (Wildman–Crippen MR) is 45.8 cm³/mol. The number of amides is 1. The van der Waals surface area contributed by atoms with Crippen LogP contribution in [-0.2, 0) is 0 Å². The van der Waals surface area contributed by atoms with Crippen LogP contribution in [0.25, 0.3) is 0 Å². The highest BCUT2D eigenvalue weighted by atomic mass is 16.2. The van der Waals surface area contributed by atoms with Crippen LogP contribution >= 0.6 is 0 Å². The summed E-state index contributed by atoms with van der Waals surface area (Å²) < 4.78 is 0. The van der Waals surface area contributed by atoms with Crippen molar-refractivity contribution >= 4 is 5.91 Å². The molecule has 1 amide bonds. The van der Waals surface area contributed by atoms with E-state index in [0.717, 1.165) is 25.1 Å². The molecule has 2 rings (SSSR count). The van der Waals surface area contributed by atoms with Crippen molar-refractivity contribution in [3.8, 4) is 0 Å². The monoisotopic (exact) mass is 160 g/mol. The van der Waals surface area contributed by atoms with Crippen molar-refractivity contribution in [2.75, 3.05) is 13.1 Å². The topological polar surface area (TPSA) is 20.3 Å². The molecule has 0 atom stereocenters. The van der Waals surface area contributed by atoms with Gasteiger partial charge in [-0.3, -0.25) is 4.79 Å². The van der Waals surface area contributed by atoms with Crippen LogP contribution in [0.2, 0.25) is 0 Å². The summed E-state index contributed by atoms with van der Waals surface area (Å²) >= 11 is 0. The van der Waals surface area contributed by atoms with Gasteiger partial charge in [-0.25, -0.2) is 0 Å². The van der Waals surface area contributed by atoms with Crippen molar-refractivity contribution in [1.82, 2.24) is 4.90 Å². The maximum absolute atomic E-state index is 11.5. The molecule has 1 aromatic carbocycles. The molecule has 1 heterocycles. The highest BCUT2D eigenvalue weighted by Crippen LogP contribution is 2.11. The van der Waals surface area contributed by atoms with Crippen molar-refractivity contribution in [2.45, 2.75) is 6.42 Å². The van der Waals surface area contributed by atoms with Gasteiger partial charge in [0, 0.05) is 18.7 Å². The van der Waals surface area contributed by atoms with Gasteiger partial charge in [0.05, 0.1) is 0 Å². The van der Waals surface area contributed by atoms with E-state index >= 15 is 0 Å². The van der Waals surface area contributed by atoms with Crippen LogP contribution in [0, 0.1) is 6.07 Å². The van der Waals surface area contributed by atoms with Gasteiger partial charge in [0.2, 0.25) is 0 Å². The molecule has 1 fully saturated rings. The Morgan fingerprint density at radius 2 is 2.00 bits per heavy atom. The highest BCUT2D eigenvalue weighted by molar-refractivity contribution is 5.94. The second-order valence-electron chi connectivity index (χ2n) is 2.93. The van der Waals surface area contributed by atoms with Gasteiger partial charge in [-0.15, -0.1) is 0 Å². The van der Waals surface area contributed by atoms with Gasteiger partial charge in [0.1, 0.15) is 0 Å². The van der Waals surface area contributed by atoms with Crippen molar-refractivity contribution in [3.05, 3.63) is 35.9 Å². The average molecular weight is 160 g/mol. The molecule has 0 unspecified atom stereocenters. The number of likely N-dealkylation sites (tertiary alicyclic amines) is 1. The van der Waals surface area contributed by atoms with Gasteiger partial charge in [0.25, 0.3) is 5.91 Å². The third-order valence-corrected chi connectivity index (χ3v) is 2.11. The summed E-state index contributed by atoms with van der Waals surface area (Å²) in [6.07, 6.45) is 1.14. The molecule has 0 aromatic heterocycles. The quantitative estimate of drug-likeness (QED) is 0.607. The predicted octanol–water partition coefficient (Wildman–Crippen LogP) is 1.33. The van der Waals surface area contributed by atoms with Crippen molar-refractivity contribution in [1.29, 1.82) is 0 Å². The summed E-state index contributed by atoms with van der Waals surface area (Å²) in [4.78, 5) is 13.4. The van der Waals surface area contributed by atoms with E-state index in [-0.39, 0.29) is 5.91 Å². The maximum Gasteiger partial charge on any atom is 0.253 e. The zero-order valence-electron chi connectivity index (χ0n) is 6.79. The van der Waals surface area contributed by atoms with Gasteiger partial charge in [0.15, 0.2) is 0 Å². The summed E-state index contributed by atoms with van der Waals surface area (Å²) in [7, 11) is 0. The standard InChI is InChI=1S/C10H10NO/c12-10(11-7-4-8-11)9-5-2-1-3-6-9/h2-3,5-6H,4,7-8H2. The smallest absolute Gasteiger partial charge is 0.253 e. The molecule has 1 aromatic rings. The Balaban J connectivity index is 2.14. The van der Waals surface area contributed by atoms with Crippen LogP contribution in [0.5, 0.6) is 0 Å². The summed E-state index contributed by atoms with van der Waals surface area (Å²) in [5.74, 6) is 0.148. The fourth-order valence-corrected chi connectivity index (χ4v) is 1.23. The minimum Gasteiger partial charge on any atom is -0.339 e. The van der Waals surface area contributed by atoms with E-state index in [1.807, 2.05) is 4.90 Å². The number of rotatable bonds is 1. The second kappa shape index (κ2) is 2.97. The summed E-state index contributed by atoms with van der Waals surface area (Å²) in [5, 5.41) is 0. The highest BCUT2D eigenvalue weighted by Gasteiger charge is 2.20. The molecule has 2 nitrogen and oxygen atoms in total. The number of nitrogens with zero attached hydrogens (tertiary/aromatic N) is 1. The van der Waals surface area contributed by atoms with Crippen LogP contribution < -0.4 is 0 Å². The van der Waals surface area contributed by atoms with E-state index < -0.39 is 0 Å². The minimum absolute atomic E-state index is 0.148. The Morgan fingerprint density at radius 1 is 1.33 bits per heavy atom. The van der Waals surface area contributed by atoms with Crippen LogP contribution in [0.4, 0.5) is 0 Å². The first-order valence-corrected chi connectivity index (χ1v) is 4.13. The Morgan fingerprint density at radius 3 is 2.50 bits per heavy atom. The zero-order valence-corrected chi connectivity index (χ0v) is 6.79. The molecule has 1 saturated heterocycles. The SMILES string of the molecule is O=C(c1cc[c]cc1)N1CCC1. The van der Waals surface area contributed by atoms with E-state index in [1.54, 1.807) is 24.3 Å². The first kappa shape index (κ1) is 7.35. The summed E-state index contributed by atoms with van der Waals surface area (Å²) in [6.45, 7) is 1.83. The first-order valence-electron chi connectivity index (χ1n) is 4.13. The maximum atomic E-state index is 11.5. The van der Waals surface area contributed by atoms with Gasteiger partial charge < -0.3 is 4.90 Å². The average Bonchev–Trinajstić information content (AvgIpc) is 2.03. The molecule has 61 valence electrons. The lowest BCUT2D eigenvalue weighted by Gasteiger charge is -2.30. The Hall–Kier alpha value is -1.31. The van der Waals surface area contributed by atoms with Gasteiger partial charge >= 0.3 is 0 Å². The summed E-state index contributed by atoms with van der Waals surface area (Å²) in [5.41, 5.74) is 0.772. The zero-order chi connectivity index (χ0) is 8.39. The number of hydrogen-bond acceptors (Lipinski definition) is 1. The van der Waals surface area contributed by atoms with Crippen LogP contribution in [0.1, 0.15) is 16.8 Å². The number of carbonyl (C=O) groups is 1. The number of hydrogen-bond donors (Lipinski definition) is 0. The second-order valence-corrected chi connectivity index (χ2v) is 2.93. The van der Waals surface area contributed by atoms with Crippen LogP contribution in [-0.4, -0.2) is 23.9 Å². The lowest BCUT2D eigenvalue weighted by Crippen LogP contribution is -2.41. The Bertz CT molecular complexity index is 277. The fraction of sp³-hybridized carbons (Fsp3) is 0.300. The number of carbonyl (C=O) groups excluding carboxylic acids is 1. The van der Waals surface area contributed by atoms with Gasteiger partial charge in [-0.05, 0) is 24.6 Å². The fourth-order valence-electron chi connectivity index (χ4n) is 1.23. The lowest BCUT2D eigenvalue weighted by molar-refractivity contribution is 0.0652. The number of benzene rings is 1. The van der Waals surface area contributed by atoms with E-state index in [9.17, 15) is 4.79 Å². The molecule has 1 radical (unpaired) electrons. The van der Waals surface area contributed by atoms with E-state index in [2.05, 4.69) is 6.07 Å². The molecule has 0 aliphatic carbocycles. The summed E-state index contributed by atoms with van der Waals surface area (Å²) in [6, 6.07) is 10.0. The lowest BCUT2D eigenvalue weighted by atomic mass is 10.1. The Labute approximate surface area is 71.8 Å². The molecule has 2 heteroatoms. The van der Waals surface area contributed by atoms with Crippen molar-refractivity contribution in [2.24, 2.45) is 0 Å². The molecular weight excluding hydrogens is 150 g/mol. The van der Waals surface area contributed by atoms with E-state index in [4.69, 9.17) is 0 Å². The Kier molecular flexibility index (Phi) is 1.82. The normalized spacial score (nSPS) is 15.5. The molecule has 0 spiro atoms. The third kappa shape index (κ3) is 1.20. The largest absolute Gasteiger partial charge is 0.339 e. The molecule has 0 saturated carbocycles. The van der Waals surface area contributed by atoms with Gasteiger partial charge in [-0.1, -0.05) is 12.1 Å². The molecule has 12 heavy (non-hydrogen) atoms. The molecular formula is C10H10NO. The molecule has 1 aliphatic heterocycles. The van der Waals surface area contributed by atoms with E-state index in [0.29, 0.717) is 0 Å². The first-order chi connectivity index (χ1) is 5.88. The van der Waals surface area contributed by atoms with Crippen molar-refractivity contribution < 1.29 is 4.79 Å². The van der Waals surface area contributed by atoms with E-state index in [1.165, 1.54) is 0 Å². The molecule has 1 aliphatic rings. The molecule has 0 N–H and O–H groups in total. The van der Waals surface area contributed by atoms with Gasteiger partial charge in [-0.2, -0.15) is 0 Å². The van der Waals surface area contributed by atoms with Crippen LogP contribution in [0.15, 0.2) is 24.3 Å². The van der Waals surface area contributed by atoms with Crippen LogP contribution in [0.3, 0.4) is 0 Å². The minimum atomic E-state index is 0.148.